The second-order valence-electron chi connectivity index (χ2n) is 6.66. The van der Waals surface area contributed by atoms with Crippen LogP contribution in [0.2, 0.25) is 0 Å². The number of carbonyl (C=O) groups excluding carboxylic acids is 2. The predicted molar refractivity (Wildman–Crippen MR) is 94.6 cm³/mol. The van der Waals surface area contributed by atoms with Crippen molar-refractivity contribution in [1.29, 1.82) is 0 Å². The fourth-order valence-electron chi connectivity index (χ4n) is 3.05. The lowest BCUT2D eigenvalue weighted by atomic mass is 9.90. The fraction of sp³-hybridized carbons (Fsp3) is 0.500. The van der Waals surface area contributed by atoms with Crippen LogP contribution in [0.4, 0.5) is 10.5 Å². The molecule has 2 rings (SSSR count). The van der Waals surface area contributed by atoms with E-state index in [9.17, 15) is 19.5 Å². The van der Waals surface area contributed by atoms with Crippen molar-refractivity contribution >= 4 is 23.6 Å². The number of hydrogen-bond acceptors (Lipinski definition) is 3. The first-order chi connectivity index (χ1) is 11.8. The molecule has 1 aliphatic rings. The Kier molecular flexibility index (Phi) is 6.01. The molecule has 0 saturated carbocycles. The summed E-state index contributed by atoms with van der Waals surface area (Å²) in [5, 5.41) is 14.7. The van der Waals surface area contributed by atoms with Gasteiger partial charge in [-0.1, -0.05) is 0 Å². The predicted octanol–water partition coefficient (Wildman–Crippen LogP) is 2.54. The monoisotopic (exact) mass is 347 g/mol. The van der Waals surface area contributed by atoms with E-state index in [1.807, 2.05) is 13.8 Å². The van der Waals surface area contributed by atoms with Gasteiger partial charge in [-0.2, -0.15) is 0 Å². The first-order valence-electron chi connectivity index (χ1n) is 8.51. The van der Waals surface area contributed by atoms with E-state index >= 15 is 0 Å². The Labute approximate surface area is 147 Å². The molecular weight excluding hydrogens is 322 g/mol. The smallest absolute Gasteiger partial charge is 0.319 e. The molecule has 1 saturated heterocycles. The summed E-state index contributed by atoms with van der Waals surface area (Å²) in [6, 6.07) is 6.00. The third kappa shape index (κ3) is 4.71. The zero-order valence-corrected chi connectivity index (χ0v) is 14.8. The van der Waals surface area contributed by atoms with E-state index in [0.29, 0.717) is 30.6 Å². The molecule has 7 nitrogen and oxygen atoms in total. The summed E-state index contributed by atoms with van der Waals surface area (Å²) in [5.41, 5.74) is 1.07. The van der Waals surface area contributed by atoms with Crippen molar-refractivity contribution in [2.24, 2.45) is 5.92 Å². The van der Waals surface area contributed by atoms with Gasteiger partial charge in [0.1, 0.15) is 0 Å². The highest BCUT2D eigenvalue weighted by atomic mass is 16.4. The van der Waals surface area contributed by atoms with E-state index in [-0.39, 0.29) is 24.0 Å². The molecule has 0 radical (unpaired) electrons. The minimum absolute atomic E-state index is 0.0311. The maximum Gasteiger partial charge on any atom is 0.319 e. The number of nitrogens with one attached hydrogen (secondary N) is 2. The number of likely N-dealkylation sites (tertiary alicyclic amines) is 1. The second kappa shape index (κ2) is 8.00. The topological polar surface area (TPSA) is 98.7 Å². The van der Waals surface area contributed by atoms with E-state index in [1.165, 1.54) is 0 Å². The Bertz CT molecular complexity index is 642. The maximum atomic E-state index is 12.7. The third-order valence-electron chi connectivity index (χ3n) is 4.38. The van der Waals surface area contributed by atoms with Gasteiger partial charge in [0.15, 0.2) is 0 Å². The average molecular weight is 347 g/mol. The van der Waals surface area contributed by atoms with Gasteiger partial charge in [0.25, 0.3) is 5.91 Å². The minimum Gasteiger partial charge on any atom is -0.481 e. The van der Waals surface area contributed by atoms with Crippen LogP contribution in [0, 0.1) is 5.92 Å². The van der Waals surface area contributed by atoms with Gasteiger partial charge >= 0.3 is 12.0 Å². The normalized spacial score (nSPS) is 20.2. The van der Waals surface area contributed by atoms with Gasteiger partial charge in [-0.3, -0.25) is 9.59 Å². The molecule has 0 unspecified atom stereocenters. The Balaban J connectivity index is 2.05. The molecule has 0 spiro atoms. The number of carboxylic acids is 1. The molecule has 7 heteroatoms. The zero-order valence-electron chi connectivity index (χ0n) is 14.8. The van der Waals surface area contributed by atoms with Crippen molar-refractivity contribution < 1.29 is 19.5 Å². The number of amides is 3. The fourth-order valence-corrected chi connectivity index (χ4v) is 3.05. The lowest BCUT2D eigenvalue weighted by molar-refractivity contribution is -0.144. The third-order valence-corrected chi connectivity index (χ3v) is 4.38. The lowest BCUT2D eigenvalue weighted by Gasteiger charge is -2.37. The van der Waals surface area contributed by atoms with Crippen molar-refractivity contribution in [3.63, 3.8) is 0 Å². The number of aliphatic carboxylic acids is 1. The molecule has 3 N–H and O–H groups in total. The summed E-state index contributed by atoms with van der Waals surface area (Å²) in [4.78, 5) is 37.3. The van der Waals surface area contributed by atoms with Gasteiger partial charge < -0.3 is 20.6 Å². The Morgan fingerprint density at radius 1 is 1.20 bits per heavy atom. The van der Waals surface area contributed by atoms with Crippen LogP contribution in [0.5, 0.6) is 0 Å². The molecular formula is C18H25N3O4. The highest BCUT2D eigenvalue weighted by Crippen LogP contribution is 2.25. The van der Waals surface area contributed by atoms with Gasteiger partial charge in [0.2, 0.25) is 0 Å². The zero-order chi connectivity index (χ0) is 18.6. The summed E-state index contributed by atoms with van der Waals surface area (Å²) < 4.78 is 0. The first-order valence-corrected chi connectivity index (χ1v) is 8.51. The first kappa shape index (κ1) is 18.8. The molecule has 1 fully saturated rings. The number of hydrogen-bond donors (Lipinski definition) is 3. The summed E-state index contributed by atoms with van der Waals surface area (Å²) in [6.45, 7) is 6.07. The summed E-state index contributed by atoms with van der Waals surface area (Å²) >= 11 is 0. The van der Waals surface area contributed by atoms with E-state index in [4.69, 9.17) is 0 Å². The number of carbonyl (C=O) groups is 3. The number of carboxylic acid groups (broad SMARTS) is 1. The summed E-state index contributed by atoms with van der Waals surface area (Å²) in [6.07, 6.45) is 1.27. The second-order valence-corrected chi connectivity index (χ2v) is 6.66. The standard InChI is InChI=1S/C18H25N3O4/c1-11(2)19-18(25)20-14-8-6-13(7-9-14)16(22)21-10-4-5-15(12(21)3)17(23)24/h6-9,11-12,15H,4-5,10H2,1-3H3,(H,23,24)(H2,19,20,25)/t12-,15-/m0/s1. The highest BCUT2D eigenvalue weighted by molar-refractivity contribution is 5.96. The van der Waals surface area contributed by atoms with Gasteiger partial charge in [-0.05, 0) is 57.9 Å². The van der Waals surface area contributed by atoms with Gasteiger partial charge in [-0.25, -0.2) is 4.79 Å². The van der Waals surface area contributed by atoms with Crippen molar-refractivity contribution in [3.05, 3.63) is 29.8 Å². The Morgan fingerprint density at radius 2 is 1.84 bits per heavy atom. The van der Waals surface area contributed by atoms with Crippen LogP contribution in [0.25, 0.3) is 0 Å². The van der Waals surface area contributed by atoms with Crippen LogP contribution < -0.4 is 10.6 Å². The number of benzene rings is 1. The van der Waals surface area contributed by atoms with Crippen LogP contribution in [0.15, 0.2) is 24.3 Å². The number of urea groups is 1. The van der Waals surface area contributed by atoms with E-state index in [2.05, 4.69) is 10.6 Å². The lowest BCUT2D eigenvalue weighted by Crippen LogP contribution is -2.49. The van der Waals surface area contributed by atoms with Gasteiger partial charge in [-0.15, -0.1) is 0 Å². The van der Waals surface area contributed by atoms with Crippen molar-refractivity contribution in [3.8, 4) is 0 Å². The number of anilines is 1. The van der Waals surface area contributed by atoms with Crippen LogP contribution in [-0.4, -0.2) is 46.5 Å². The van der Waals surface area contributed by atoms with Crippen molar-refractivity contribution in [2.45, 2.75) is 45.7 Å². The number of piperidine rings is 1. The summed E-state index contributed by atoms with van der Waals surface area (Å²) in [5.74, 6) is -1.57. The Hall–Kier alpha value is -2.57. The SMILES string of the molecule is CC(C)NC(=O)Nc1ccc(C(=O)N2CCC[C@H](C(=O)O)[C@@H]2C)cc1. The number of rotatable bonds is 4. The maximum absolute atomic E-state index is 12.7. The molecule has 0 aromatic heterocycles. The van der Waals surface area contributed by atoms with Crippen LogP contribution in [-0.2, 0) is 4.79 Å². The van der Waals surface area contributed by atoms with Crippen LogP contribution in [0.3, 0.4) is 0 Å². The van der Waals surface area contributed by atoms with Crippen molar-refractivity contribution in [2.75, 3.05) is 11.9 Å². The van der Waals surface area contributed by atoms with E-state index in [0.717, 1.165) is 0 Å². The molecule has 0 bridgehead atoms. The molecule has 2 atom stereocenters. The quantitative estimate of drug-likeness (QED) is 0.779. The van der Waals surface area contributed by atoms with Crippen LogP contribution >= 0.6 is 0 Å². The minimum atomic E-state index is -0.860. The molecule has 3 amide bonds. The Morgan fingerprint density at radius 3 is 2.40 bits per heavy atom. The van der Waals surface area contributed by atoms with Gasteiger partial charge in [0.05, 0.1) is 5.92 Å². The largest absolute Gasteiger partial charge is 0.481 e. The van der Waals surface area contributed by atoms with Gasteiger partial charge in [0, 0.05) is 29.9 Å². The molecule has 136 valence electrons. The molecule has 1 aliphatic heterocycles. The number of nitrogens with zero attached hydrogens (tertiary/aromatic N) is 1. The molecule has 1 aromatic rings. The summed E-state index contributed by atoms with van der Waals surface area (Å²) in [7, 11) is 0. The van der Waals surface area contributed by atoms with E-state index < -0.39 is 11.9 Å². The van der Waals surface area contributed by atoms with Crippen LogP contribution in [0.1, 0.15) is 44.0 Å². The molecule has 25 heavy (non-hydrogen) atoms. The molecule has 1 heterocycles. The molecule has 1 aromatic carbocycles. The highest BCUT2D eigenvalue weighted by Gasteiger charge is 2.35. The van der Waals surface area contributed by atoms with Crippen molar-refractivity contribution in [1.82, 2.24) is 10.2 Å². The molecule has 0 aliphatic carbocycles. The average Bonchev–Trinajstić information content (AvgIpc) is 2.54. The van der Waals surface area contributed by atoms with E-state index in [1.54, 1.807) is 36.1 Å².